The zero-order chi connectivity index (χ0) is 13.8. The van der Waals surface area contributed by atoms with Crippen LogP contribution < -0.4 is 5.73 Å². The van der Waals surface area contributed by atoms with Gasteiger partial charge in [-0.1, -0.05) is 30.3 Å². The second-order valence-corrected chi connectivity index (χ2v) is 4.48. The van der Waals surface area contributed by atoms with Crippen molar-refractivity contribution in [3.8, 4) is 11.1 Å². The van der Waals surface area contributed by atoms with Gasteiger partial charge >= 0.3 is 5.97 Å². The SMILES string of the molecule is COC(=O)c1ccc(-c2cccc(C(C)N)c2)cc1. The number of hydrogen-bond donors (Lipinski definition) is 1. The van der Waals surface area contributed by atoms with E-state index >= 15 is 0 Å². The maximum absolute atomic E-state index is 11.4. The molecule has 2 rings (SSSR count). The highest BCUT2D eigenvalue weighted by atomic mass is 16.5. The third-order valence-corrected chi connectivity index (χ3v) is 3.05. The number of methoxy groups -OCH3 is 1. The lowest BCUT2D eigenvalue weighted by Gasteiger charge is -2.09. The lowest BCUT2D eigenvalue weighted by molar-refractivity contribution is 0.0601. The van der Waals surface area contributed by atoms with E-state index in [-0.39, 0.29) is 12.0 Å². The maximum atomic E-state index is 11.4. The number of benzene rings is 2. The zero-order valence-electron chi connectivity index (χ0n) is 11.1. The topological polar surface area (TPSA) is 52.3 Å². The Labute approximate surface area is 113 Å². The summed E-state index contributed by atoms with van der Waals surface area (Å²) >= 11 is 0. The highest BCUT2D eigenvalue weighted by Crippen LogP contribution is 2.23. The lowest BCUT2D eigenvalue weighted by Crippen LogP contribution is -2.04. The smallest absolute Gasteiger partial charge is 0.337 e. The number of nitrogens with two attached hydrogens (primary N) is 1. The van der Waals surface area contributed by atoms with E-state index in [1.165, 1.54) is 7.11 Å². The van der Waals surface area contributed by atoms with Gasteiger partial charge in [0, 0.05) is 6.04 Å². The van der Waals surface area contributed by atoms with Crippen molar-refractivity contribution in [1.29, 1.82) is 0 Å². The molecule has 0 aromatic heterocycles. The van der Waals surface area contributed by atoms with Crippen molar-refractivity contribution in [2.45, 2.75) is 13.0 Å². The Morgan fingerprint density at radius 1 is 1.11 bits per heavy atom. The number of carbonyl (C=O) groups is 1. The average molecular weight is 255 g/mol. The van der Waals surface area contributed by atoms with Gasteiger partial charge in [0.1, 0.15) is 0 Å². The summed E-state index contributed by atoms with van der Waals surface area (Å²) in [6.45, 7) is 1.96. The minimum Gasteiger partial charge on any atom is -0.465 e. The van der Waals surface area contributed by atoms with Crippen LogP contribution in [-0.2, 0) is 4.74 Å². The molecule has 0 aliphatic carbocycles. The van der Waals surface area contributed by atoms with Gasteiger partial charge in [0.05, 0.1) is 12.7 Å². The molecule has 1 atom stereocenters. The van der Waals surface area contributed by atoms with Gasteiger partial charge in [-0.05, 0) is 41.8 Å². The molecule has 0 aliphatic heterocycles. The van der Waals surface area contributed by atoms with Crippen LogP contribution in [0.1, 0.15) is 28.9 Å². The molecule has 3 heteroatoms. The Balaban J connectivity index is 2.32. The number of carbonyl (C=O) groups excluding carboxylic acids is 1. The molecule has 98 valence electrons. The fourth-order valence-electron chi connectivity index (χ4n) is 1.92. The van der Waals surface area contributed by atoms with E-state index in [0.717, 1.165) is 16.7 Å². The van der Waals surface area contributed by atoms with Crippen LogP contribution in [0.5, 0.6) is 0 Å². The molecule has 0 fully saturated rings. The zero-order valence-corrected chi connectivity index (χ0v) is 11.1. The molecule has 0 saturated carbocycles. The van der Waals surface area contributed by atoms with Gasteiger partial charge in [0.2, 0.25) is 0 Å². The fourth-order valence-corrected chi connectivity index (χ4v) is 1.92. The molecule has 19 heavy (non-hydrogen) atoms. The third-order valence-electron chi connectivity index (χ3n) is 3.05. The molecule has 1 unspecified atom stereocenters. The first-order chi connectivity index (χ1) is 9.11. The molecule has 0 heterocycles. The number of ether oxygens (including phenoxy) is 1. The first-order valence-electron chi connectivity index (χ1n) is 6.16. The van der Waals surface area contributed by atoms with Gasteiger partial charge < -0.3 is 10.5 Å². The second-order valence-electron chi connectivity index (χ2n) is 4.48. The van der Waals surface area contributed by atoms with Gasteiger partial charge in [0.25, 0.3) is 0 Å². The minimum atomic E-state index is -0.323. The molecule has 0 amide bonds. The molecule has 2 aromatic carbocycles. The van der Waals surface area contributed by atoms with Gasteiger partial charge in [-0.15, -0.1) is 0 Å². The number of esters is 1. The van der Waals surface area contributed by atoms with Crippen LogP contribution in [0.2, 0.25) is 0 Å². The molecule has 2 aromatic rings. The highest BCUT2D eigenvalue weighted by molar-refractivity contribution is 5.89. The molecular weight excluding hydrogens is 238 g/mol. The number of rotatable bonds is 3. The van der Waals surface area contributed by atoms with Crippen molar-refractivity contribution < 1.29 is 9.53 Å². The van der Waals surface area contributed by atoms with Gasteiger partial charge in [-0.2, -0.15) is 0 Å². The van der Waals surface area contributed by atoms with Crippen LogP contribution in [0.3, 0.4) is 0 Å². The van der Waals surface area contributed by atoms with Crippen LogP contribution in [-0.4, -0.2) is 13.1 Å². The van der Waals surface area contributed by atoms with E-state index in [1.807, 2.05) is 37.3 Å². The molecule has 0 spiro atoms. The predicted molar refractivity (Wildman–Crippen MR) is 75.8 cm³/mol. The summed E-state index contributed by atoms with van der Waals surface area (Å²) in [6, 6.07) is 15.4. The average Bonchev–Trinajstić information content (AvgIpc) is 2.46. The van der Waals surface area contributed by atoms with E-state index in [0.29, 0.717) is 5.56 Å². The Kier molecular flexibility index (Phi) is 3.97. The molecule has 0 saturated heterocycles. The minimum absolute atomic E-state index is 0.00860. The third kappa shape index (κ3) is 3.01. The second kappa shape index (κ2) is 5.67. The van der Waals surface area contributed by atoms with E-state index in [9.17, 15) is 4.79 Å². The summed E-state index contributed by atoms with van der Waals surface area (Å²) in [7, 11) is 1.38. The summed E-state index contributed by atoms with van der Waals surface area (Å²) in [5.74, 6) is -0.323. The van der Waals surface area contributed by atoms with Crippen LogP contribution in [0, 0.1) is 0 Å². The van der Waals surface area contributed by atoms with E-state index in [2.05, 4.69) is 10.8 Å². The first kappa shape index (κ1) is 13.3. The molecule has 0 radical (unpaired) electrons. The van der Waals surface area contributed by atoms with Crippen molar-refractivity contribution in [3.63, 3.8) is 0 Å². The first-order valence-corrected chi connectivity index (χ1v) is 6.16. The Bertz CT molecular complexity index is 574. The normalized spacial score (nSPS) is 11.9. The van der Waals surface area contributed by atoms with E-state index < -0.39 is 0 Å². The van der Waals surface area contributed by atoms with E-state index in [4.69, 9.17) is 5.73 Å². The number of hydrogen-bond acceptors (Lipinski definition) is 3. The van der Waals surface area contributed by atoms with Gasteiger partial charge in [-0.3, -0.25) is 0 Å². The summed E-state index contributed by atoms with van der Waals surface area (Å²) in [6.07, 6.45) is 0. The van der Waals surface area contributed by atoms with Crippen LogP contribution in [0.25, 0.3) is 11.1 Å². The lowest BCUT2D eigenvalue weighted by atomic mass is 9.99. The molecule has 3 nitrogen and oxygen atoms in total. The summed E-state index contributed by atoms with van der Waals surface area (Å²) < 4.78 is 4.68. The maximum Gasteiger partial charge on any atom is 0.337 e. The Morgan fingerprint density at radius 3 is 2.37 bits per heavy atom. The Morgan fingerprint density at radius 2 is 1.79 bits per heavy atom. The van der Waals surface area contributed by atoms with Crippen molar-refractivity contribution in [3.05, 3.63) is 59.7 Å². The van der Waals surface area contributed by atoms with Crippen LogP contribution in [0.4, 0.5) is 0 Å². The van der Waals surface area contributed by atoms with Crippen LogP contribution >= 0.6 is 0 Å². The monoisotopic (exact) mass is 255 g/mol. The standard InChI is InChI=1S/C16H17NO2/c1-11(17)14-4-3-5-15(10-14)12-6-8-13(9-7-12)16(18)19-2/h3-11H,17H2,1-2H3. The van der Waals surface area contributed by atoms with Crippen molar-refractivity contribution >= 4 is 5.97 Å². The Hall–Kier alpha value is -2.13. The predicted octanol–water partition coefficient (Wildman–Crippen LogP) is 3.16. The summed E-state index contributed by atoms with van der Waals surface area (Å²) in [4.78, 5) is 11.4. The molecular formula is C16H17NO2. The van der Waals surface area contributed by atoms with Crippen molar-refractivity contribution in [2.24, 2.45) is 5.73 Å². The largest absolute Gasteiger partial charge is 0.465 e. The fraction of sp³-hybridized carbons (Fsp3) is 0.188. The van der Waals surface area contributed by atoms with Crippen LogP contribution in [0.15, 0.2) is 48.5 Å². The van der Waals surface area contributed by atoms with Gasteiger partial charge in [-0.25, -0.2) is 4.79 Å². The summed E-state index contributed by atoms with van der Waals surface area (Å²) in [5, 5.41) is 0. The quantitative estimate of drug-likeness (QED) is 0.857. The van der Waals surface area contributed by atoms with Gasteiger partial charge in [0.15, 0.2) is 0 Å². The molecule has 0 bridgehead atoms. The highest BCUT2D eigenvalue weighted by Gasteiger charge is 2.06. The molecule has 0 aliphatic rings. The van der Waals surface area contributed by atoms with E-state index in [1.54, 1.807) is 12.1 Å². The van der Waals surface area contributed by atoms with Crippen molar-refractivity contribution in [2.75, 3.05) is 7.11 Å². The van der Waals surface area contributed by atoms with Crippen molar-refractivity contribution in [1.82, 2.24) is 0 Å². The molecule has 2 N–H and O–H groups in total. The summed E-state index contributed by atoms with van der Waals surface area (Å²) in [5.41, 5.74) is 9.66.